The van der Waals surface area contributed by atoms with E-state index in [9.17, 15) is 24.5 Å². The highest BCUT2D eigenvalue weighted by Gasteiger charge is 2.44. The van der Waals surface area contributed by atoms with Crippen LogP contribution in [0.5, 0.6) is 0 Å². The van der Waals surface area contributed by atoms with Gasteiger partial charge in [0.15, 0.2) is 6.61 Å². The maximum absolute atomic E-state index is 12.5. The molecule has 8 nitrogen and oxygen atoms in total. The molecule has 0 aromatic heterocycles. The SMILES string of the molecule is C[C@H]1CC(=O)[C@@H](CC(=O)OCC(=O)N2CCCc3ccccc32)[C@@H]1C[N+](=O)[O-]. The topological polar surface area (TPSA) is 107 Å². The summed E-state index contributed by atoms with van der Waals surface area (Å²) in [5, 5.41) is 10.9. The van der Waals surface area contributed by atoms with E-state index in [1.54, 1.807) is 11.8 Å². The summed E-state index contributed by atoms with van der Waals surface area (Å²) in [4.78, 5) is 48.9. The normalized spacial score (nSPS) is 24.0. The van der Waals surface area contributed by atoms with Gasteiger partial charge in [0.2, 0.25) is 6.54 Å². The molecule has 0 spiro atoms. The third-order valence-corrected chi connectivity index (χ3v) is 5.70. The number of carbonyl (C=O) groups excluding carboxylic acids is 3. The van der Waals surface area contributed by atoms with Gasteiger partial charge in [-0.05, 0) is 30.4 Å². The monoisotopic (exact) mass is 388 g/mol. The summed E-state index contributed by atoms with van der Waals surface area (Å²) >= 11 is 0. The molecule has 1 fully saturated rings. The molecule has 1 aromatic rings. The fraction of sp³-hybridized carbons (Fsp3) is 0.550. The molecule has 0 unspecified atom stereocenters. The van der Waals surface area contributed by atoms with Gasteiger partial charge in [-0.3, -0.25) is 24.5 Å². The van der Waals surface area contributed by atoms with Crippen LogP contribution in [-0.4, -0.2) is 42.3 Å². The number of ketones is 1. The Kier molecular flexibility index (Phi) is 6.06. The highest BCUT2D eigenvalue weighted by atomic mass is 16.6. The van der Waals surface area contributed by atoms with Crippen LogP contribution in [0, 0.1) is 27.9 Å². The number of aryl methyl sites for hydroxylation is 1. The molecule has 8 heteroatoms. The largest absolute Gasteiger partial charge is 0.456 e. The van der Waals surface area contributed by atoms with Crippen molar-refractivity contribution in [1.82, 2.24) is 0 Å². The molecular weight excluding hydrogens is 364 g/mol. The molecule has 1 saturated carbocycles. The van der Waals surface area contributed by atoms with Gasteiger partial charge in [0.05, 0.1) is 6.42 Å². The molecule has 1 aliphatic heterocycles. The minimum atomic E-state index is -0.710. The first-order chi connectivity index (χ1) is 13.4. The van der Waals surface area contributed by atoms with Crippen molar-refractivity contribution in [3.05, 3.63) is 39.9 Å². The van der Waals surface area contributed by atoms with E-state index in [-0.39, 0.29) is 37.0 Å². The van der Waals surface area contributed by atoms with Gasteiger partial charge in [-0.2, -0.15) is 0 Å². The minimum Gasteiger partial charge on any atom is -0.456 e. The second kappa shape index (κ2) is 8.50. The number of hydrogen-bond acceptors (Lipinski definition) is 6. The molecule has 28 heavy (non-hydrogen) atoms. The van der Waals surface area contributed by atoms with Gasteiger partial charge in [-0.25, -0.2) is 0 Å². The first kappa shape index (κ1) is 20.0. The Morgan fingerprint density at radius 1 is 1.32 bits per heavy atom. The van der Waals surface area contributed by atoms with Crippen molar-refractivity contribution in [3.8, 4) is 0 Å². The van der Waals surface area contributed by atoms with Gasteiger partial charge >= 0.3 is 5.97 Å². The molecule has 3 rings (SSSR count). The predicted molar refractivity (Wildman–Crippen MR) is 100 cm³/mol. The average Bonchev–Trinajstić information content (AvgIpc) is 2.92. The summed E-state index contributed by atoms with van der Waals surface area (Å²) in [6.45, 7) is 1.61. The highest BCUT2D eigenvalue weighted by molar-refractivity contribution is 5.96. The first-order valence-electron chi connectivity index (χ1n) is 9.55. The summed E-state index contributed by atoms with van der Waals surface area (Å²) < 4.78 is 5.12. The van der Waals surface area contributed by atoms with E-state index in [0.29, 0.717) is 6.54 Å². The molecule has 1 heterocycles. The van der Waals surface area contributed by atoms with Crippen molar-refractivity contribution < 1.29 is 24.0 Å². The van der Waals surface area contributed by atoms with E-state index in [1.807, 2.05) is 24.3 Å². The molecule has 0 N–H and O–H groups in total. The zero-order valence-corrected chi connectivity index (χ0v) is 15.8. The second-order valence-electron chi connectivity index (χ2n) is 7.58. The number of para-hydroxylation sites is 1. The number of Topliss-reactive ketones (excluding diaryl/α,β-unsaturated/α-hetero) is 1. The molecule has 3 atom stereocenters. The van der Waals surface area contributed by atoms with Crippen molar-refractivity contribution in [1.29, 1.82) is 0 Å². The summed E-state index contributed by atoms with van der Waals surface area (Å²) in [6, 6.07) is 7.63. The molecule has 0 radical (unpaired) electrons. The van der Waals surface area contributed by atoms with Crippen molar-refractivity contribution in [2.24, 2.45) is 17.8 Å². The lowest BCUT2D eigenvalue weighted by Crippen LogP contribution is -2.38. The summed E-state index contributed by atoms with van der Waals surface area (Å²) in [5.41, 5.74) is 1.92. The number of benzene rings is 1. The average molecular weight is 388 g/mol. The standard InChI is InChI=1S/C20H24N2O6/c1-13-9-18(23)15(16(13)11-22(26)27)10-20(25)28-12-19(24)21-8-4-6-14-5-2-3-7-17(14)21/h2-3,5,7,13,15-16H,4,6,8-12H2,1H3/t13-,15-,16+/m0/s1. The summed E-state index contributed by atoms with van der Waals surface area (Å²) in [6.07, 6.45) is 1.76. The van der Waals surface area contributed by atoms with E-state index in [1.165, 1.54) is 0 Å². The number of nitro groups is 1. The van der Waals surface area contributed by atoms with Gasteiger partial charge < -0.3 is 9.64 Å². The zero-order valence-electron chi connectivity index (χ0n) is 15.8. The number of anilines is 1. The number of rotatable bonds is 6. The lowest BCUT2D eigenvalue weighted by atomic mass is 9.88. The lowest BCUT2D eigenvalue weighted by Gasteiger charge is -2.29. The van der Waals surface area contributed by atoms with Gasteiger partial charge in [0.1, 0.15) is 5.78 Å². The number of amides is 1. The van der Waals surface area contributed by atoms with Crippen LogP contribution in [0.4, 0.5) is 5.69 Å². The van der Waals surface area contributed by atoms with Crippen LogP contribution in [0.2, 0.25) is 0 Å². The zero-order chi connectivity index (χ0) is 20.3. The Balaban J connectivity index is 1.56. The number of nitrogens with zero attached hydrogens (tertiary/aromatic N) is 2. The third kappa shape index (κ3) is 4.37. The highest BCUT2D eigenvalue weighted by Crippen LogP contribution is 2.36. The van der Waals surface area contributed by atoms with E-state index >= 15 is 0 Å². The fourth-order valence-corrected chi connectivity index (χ4v) is 4.25. The van der Waals surface area contributed by atoms with Crippen LogP contribution in [0.1, 0.15) is 31.7 Å². The van der Waals surface area contributed by atoms with Crippen LogP contribution >= 0.6 is 0 Å². The number of esters is 1. The fourth-order valence-electron chi connectivity index (χ4n) is 4.25. The molecule has 1 aliphatic carbocycles. The van der Waals surface area contributed by atoms with E-state index in [0.717, 1.165) is 24.1 Å². The van der Waals surface area contributed by atoms with Crippen molar-refractivity contribution in [3.63, 3.8) is 0 Å². The Morgan fingerprint density at radius 3 is 2.82 bits per heavy atom. The summed E-state index contributed by atoms with van der Waals surface area (Å²) in [7, 11) is 0. The molecule has 0 saturated heterocycles. The van der Waals surface area contributed by atoms with E-state index in [2.05, 4.69) is 0 Å². The van der Waals surface area contributed by atoms with Crippen LogP contribution < -0.4 is 4.90 Å². The predicted octanol–water partition coefficient (Wildman–Crippen LogP) is 2.02. The molecule has 1 amide bonds. The third-order valence-electron chi connectivity index (χ3n) is 5.70. The van der Waals surface area contributed by atoms with Crippen LogP contribution in [0.25, 0.3) is 0 Å². The first-order valence-corrected chi connectivity index (χ1v) is 9.55. The van der Waals surface area contributed by atoms with Gasteiger partial charge in [-0.15, -0.1) is 0 Å². The van der Waals surface area contributed by atoms with Gasteiger partial charge in [0, 0.05) is 35.4 Å². The van der Waals surface area contributed by atoms with Crippen molar-refractivity contribution >= 4 is 23.3 Å². The Labute approximate surface area is 163 Å². The smallest absolute Gasteiger partial charge is 0.307 e. The Morgan fingerprint density at radius 2 is 2.07 bits per heavy atom. The molecule has 150 valence electrons. The van der Waals surface area contributed by atoms with Crippen molar-refractivity contribution in [2.75, 3.05) is 24.6 Å². The molecule has 1 aromatic carbocycles. The van der Waals surface area contributed by atoms with E-state index < -0.39 is 29.3 Å². The van der Waals surface area contributed by atoms with Crippen LogP contribution in [0.15, 0.2) is 24.3 Å². The van der Waals surface area contributed by atoms with Gasteiger partial charge in [-0.1, -0.05) is 25.1 Å². The van der Waals surface area contributed by atoms with Gasteiger partial charge in [0.25, 0.3) is 5.91 Å². The van der Waals surface area contributed by atoms with Crippen LogP contribution in [-0.2, 0) is 25.5 Å². The number of carbonyl (C=O) groups is 3. The molecular formula is C20H24N2O6. The lowest BCUT2D eigenvalue weighted by molar-refractivity contribution is -0.490. The second-order valence-corrected chi connectivity index (χ2v) is 7.58. The molecule has 0 bridgehead atoms. The Bertz CT molecular complexity index is 793. The maximum Gasteiger partial charge on any atom is 0.307 e. The van der Waals surface area contributed by atoms with E-state index in [4.69, 9.17) is 4.74 Å². The quantitative estimate of drug-likeness (QED) is 0.419. The number of ether oxygens (including phenoxy) is 1. The molecule has 2 aliphatic rings. The van der Waals surface area contributed by atoms with Crippen LogP contribution in [0.3, 0.4) is 0 Å². The summed E-state index contributed by atoms with van der Waals surface area (Å²) in [5.74, 6) is -2.44. The maximum atomic E-state index is 12.5. The van der Waals surface area contributed by atoms with Crippen molar-refractivity contribution in [2.45, 2.75) is 32.6 Å². The number of hydrogen-bond donors (Lipinski definition) is 0. The minimum absolute atomic E-state index is 0.137. The number of fused-ring (bicyclic) bond motifs is 1. The Hall–Kier alpha value is -2.77.